The van der Waals surface area contributed by atoms with Crippen LogP contribution in [0.2, 0.25) is 0 Å². The molecule has 0 aliphatic carbocycles. The molecule has 0 radical (unpaired) electrons. The molecule has 1 unspecified atom stereocenters. The Hall–Kier alpha value is -1.06. The van der Waals surface area contributed by atoms with Gasteiger partial charge in [0.25, 0.3) is 0 Å². The van der Waals surface area contributed by atoms with Gasteiger partial charge in [0.1, 0.15) is 5.75 Å². The average molecular weight is 179 g/mol. The third-order valence-corrected chi connectivity index (χ3v) is 2.30. The summed E-state index contributed by atoms with van der Waals surface area (Å²) >= 11 is 0. The van der Waals surface area contributed by atoms with Crippen molar-refractivity contribution in [3.05, 3.63) is 29.8 Å². The molecule has 13 heavy (non-hydrogen) atoms. The molecule has 1 heterocycles. The Morgan fingerprint density at radius 3 is 3.00 bits per heavy atom. The molecule has 1 aliphatic heterocycles. The van der Waals surface area contributed by atoms with Crippen molar-refractivity contribution in [1.29, 1.82) is 0 Å². The van der Waals surface area contributed by atoms with Gasteiger partial charge in [-0.05, 0) is 6.07 Å². The molecule has 2 rings (SSSR count). The third-order valence-electron chi connectivity index (χ3n) is 2.30. The van der Waals surface area contributed by atoms with E-state index < -0.39 is 0 Å². The Kier molecular flexibility index (Phi) is 2.47. The first-order chi connectivity index (χ1) is 6.42. The predicted octanol–water partition coefficient (Wildman–Crippen LogP) is 1.31. The van der Waals surface area contributed by atoms with Crippen molar-refractivity contribution in [2.24, 2.45) is 0 Å². The monoisotopic (exact) mass is 179 g/mol. The van der Waals surface area contributed by atoms with Crippen LogP contribution in [0.25, 0.3) is 0 Å². The fourth-order valence-corrected chi connectivity index (χ4v) is 1.58. The summed E-state index contributed by atoms with van der Waals surface area (Å²) in [6, 6.07) is 8.06. The zero-order valence-electron chi connectivity index (χ0n) is 7.62. The maximum absolute atomic E-state index is 5.27. The number of hydroxylamine groups is 1. The quantitative estimate of drug-likeness (QED) is 0.742. The molecule has 1 aromatic rings. The fraction of sp³-hybridized carbons (Fsp3) is 0.400. The van der Waals surface area contributed by atoms with Crippen LogP contribution in [-0.4, -0.2) is 20.3 Å². The van der Waals surface area contributed by atoms with Crippen LogP contribution in [0.15, 0.2) is 24.3 Å². The van der Waals surface area contributed by atoms with Gasteiger partial charge in [-0.3, -0.25) is 0 Å². The summed E-state index contributed by atoms with van der Waals surface area (Å²) in [5.74, 6) is 1.36. The molecule has 1 aliphatic rings. The first-order valence-corrected chi connectivity index (χ1v) is 4.39. The van der Waals surface area contributed by atoms with Crippen LogP contribution in [-0.2, 0) is 4.84 Å². The Balaban J connectivity index is 2.26. The van der Waals surface area contributed by atoms with E-state index in [9.17, 15) is 0 Å². The van der Waals surface area contributed by atoms with Gasteiger partial charge >= 0.3 is 0 Å². The zero-order valence-corrected chi connectivity index (χ0v) is 7.62. The third kappa shape index (κ3) is 1.66. The number of ether oxygens (including phenoxy) is 1. The molecule has 0 amide bonds. The zero-order chi connectivity index (χ0) is 9.10. The van der Waals surface area contributed by atoms with Crippen LogP contribution < -0.4 is 10.2 Å². The summed E-state index contributed by atoms with van der Waals surface area (Å²) in [5, 5.41) is 0. The smallest absolute Gasteiger partial charge is 0.122 e. The van der Waals surface area contributed by atoms with Gasteiger partial charge in [0.05, 0.1) is 13.7 Å². The van der Waals surface area contributed by atoms with Crippen LogP contribution in [0.4, 0.5) is 0 Å². The van der Waals surface area contributed by atoms with Crippen molar-refractivity contribution in [3.63, 3.8) is 0 Å². The summed E-state index contributed by atoms with van der Waals surface area (Å²) in [5.41, 5.74) is 4.08. The van der Waals surface area contributed by atoms with E-state index in [0.717, 1.165) is 18.9 Å². The number of hydrogen-bond acceptors (Lipinski definition) is 3. The Labute approximate surface area is 77.6 Å². The molecule has 1 fully saturated rings. The van der Waals surface area contributed by atoms with E-state index in [-0.39, 0.29) is 0 Å². The van der Waals surface area contributed by atoms with E-state index in [1.54, 1.807) is 7.11 Å². The fourth-order valence-electron chi connectivity index (χ4n) is 1.58. The second-order valence-corrected chi connectivity index (χ2v) is 3.10. The second kappa shape index (κ2) is 3.77. The first kappa shape index (κ1) is 8.53. The molecule has 1 aromatic carbocycles. The molecule has 70 valence electrons. The minimum atomic E-state index is 0.413. The van der Waals surface area contributed by atoms with E-state index in [0.29, 0.717) is 5.92 Å². The van der Waals surface area contributed by atoms with Crippen molar-refractivity contribution in [2.45, 2.75) is 5.92 Å². The molecule has 3 heteroatoms. The largest absolute Gasteiger partial charge is 0.496 e. The predicted molar refractivity (Wildman–Crippen MR) is 49.7 cm³/mol. The number of methoxy groups -OCH3 is 1. The minimum Gasteiger partial charge on any atom is -0.496 e. The standard InChI is InChI=1S/C10H13NO2/c1-12-10-5-3-2-4-9(10)8-6-11-13-7-8/h2-5,8,11H,6-7H2,1H3. The SMILES string of the molecule is COc1ccccc1C1CNOC1. The summed E-state index contributed by atoms with van der Waals surface area (Å²) in [4.78, 5) is 5.11. The Morgan fingerprint density at radius 1 is 1.46 bits per heavy atom. The molecule has 3 nitrogen and oxygen atoms in total. The Morgan fingerprint density at radius 2 is 2.31 bits per heavy atom. The Bertz CT molecular complexity index is 282. The summed E-state index contributed by atoms with van der Waals surface area (Å²) in [6.07, 6.45) is 0. The number of rotatable bonds is 2. The summed E-state index contributed by atoms with van der Waals surface area (Å²) < 4.78 is 5.27. The van der Waals surface area contributed by atoms with E-state index in [2.05, 4.69) is 11.5 Å². The average Bonchev–Trinajstić information content (AvgIpc) is 2.70. The summed E-state index contributed by atoms with van der Waals surface area (Å²) in [6.45, 7) is 1.58. The lowest BCUT2D eigenvalue weighted by Gasteiger charge is -2.11. The van der Waals surface area contributed by atoms with Gasteiger partial charge in [-0.2, -0.15) is 0 Å². The second-order valence-electron chi connectivity index (χ2n) is 3.10. The highest BCUT2D eigenvalue weighted by Crippen LogP contribution is 2.27. The minimum absolute atomic E-state index is 0.413. The number of para-hydroxylation sites is 1. The highest BCUT2D eigenvalue weighted by molar-refractivity contribution is 5.36. The molecule has 0 saturated carbocycles. The van der Waals surface area contributed by atoms with Gasteiger partial charge in [-0.25, -0.2) is 5.48 Å². The molecule has 1 atom stereocenters. The maximum Gasteiger partial charge on any atom is 0.122 e. The number of hydrogen-bond donors (Lipinski definition) is 1. The summed E-state index contributed by atoms with van der Waals surface area (Å²) in [7, 11) is 1.70. The molecule has 1 N–H and O–H groups in total. The van der Waals surface area contributed by atoms with Gasteiger partial charge in [0.15, 0.2) is 0 Å². The van der Waals surface area contributed by atoms with E-state index in [4.69, 9.17) is 9.57 Å². The van der Waals surface area contributed by atoms with Crippen LogP contribution in [0.5, 0.6) is 5.75 Å². The molecule has 0 spiro atoms. The van der Waals surface area contributed by atoms with Gasteiger partial charge < -0.3 is 9.57 Å². The molecular weight excluding hydrogens is 166 g/mol. The highest BCUT2D eigenvalue weighted by Gasteiger charge is 2.20. The first-order valence-electron chi connectivity index (χ1n) is 4.39. The lowest BCUT2D eigenvalue weighted by Crippen LogP contribution is -2.08. The van der Waals surface area contributed by atoms with Crippen LogP contribution in [0.3, 0.4) is 0 Å². The maximum atomic E-state index is 5.27. The highest BCUT2D eigenvalue weighted by atomic mass is 16.7. The van der Waals surface area contributed by atoms with Gasteiger partial charge in [-0.15, -0.1) is 0 Å². The molecule has 0 aromatic heterocycles. The lowest BCUT2D eigenvalue weighted by atomic mass is 10.00. The van der Waals surface area contributed by atoms with Crippen molar-refractivity contribution in [1.82, 2.24) is 5.48 Å². The van der Waals surface area contributed by atoms with Crippen molar-refractivity contribution < 1.29 is 9.57 Å². The topological polar surface area (TPSA) is 30.5 Å². The normalized spacial score (nSPS) is 21.8. The van der Waals surface area contributed by atoms with Crippen molar-refractivity contribution in [3.8, 4) is 5.75 Å². The van der Waals surface area contributed by atoms with Crippen LogP contribution in [0, 0.1) is 0 Å². The molecular formula is C10H13NO2. The van der Waals surface area contributed by atoms with Crippen LogP contribution in [0.1, 0.15) is 11.5 Å². The van der Waals surface area contributed by atoms with Gasteiger partial charge in [0, 0.05) is 18.0 Å². The number of nitrogens with one attached hydrogen (secondary N) is 1. The van der Waals surface area contributed by atoms with E-state index >= 15 is 0 Å². The number of benzene rings is 1. The van der Waals surface area contributed by atoms with Crippen molar-refractivity contribution in [2.75, 3.05) is 20.3 Å². The molecule has 0 bridgehead atoms. The van der Waals surface area contributed by atoms with E-state index in [1.807, 2.05) is 18.2 Å². The van der Waals surface area contributed by atoms with Gasteiger partial charge in [0.2, 0.25) is 0 Å². The van der Waals surface area contributed by atoms with Crippen LogP contribution >= 0.6 is 0 Å². The van der Waals surface area contributed by atoms with Crippen molar-refractivity contribution >= 4 is 0 Å². The molecule has 1 saturated heterocycles. The lowest BCUT2D eigenvalue weighted by molar-refractivity contribution is 0.100. The van der Waals surface area contributed by atoms with E-state index in [1.165, 1.54) is 5.56 Å². The van der Waals surface area contributed by atoms with Gasteiger partial charge in [-0.1, -0.05) is 18.2 Å².